The van der Waals surface area contributed by atoms with Crippen LogP contribution in [0.1, 0.15) is 62.8 Å². The fourth-order valence-electron chi connectivity index (χ4n) is 2.82. The molecule has 0 aliphatic heterocycles. The first-order valence-corrected chi connectivity index (χ1v) is 12.7. The third kappa shape index (κ3) is 9.85. The molecular formula is C26H34N2Pd. The van der Waals surface area contributed by atoms with Crippen molar-refractivity contribution < 1.29 is 22.8 Å². The van der Waals surface area contributed by atoms with Gasteiger partial charge in [-0.05, 0) is 53.2 Å². The van der Waals surface area contributed by atoms with Gasteiger partial charge >= 0.3 is 41.6 Å². The quantitative estimate of drug-likeness (QED) is 0.118. The molecule has 0 bridgehead atoms. The van der Waals surface area contributed by atoms with E-state index in [0.29, 0.717) is 0 Å². The van der Waals surface area contributed by atoms with Gasteiger partial charge in [-0.3, -0.25) is 0 Å². The number of benzene rings is 2. The Morgan fingerprint density at radius 3 is 1.86 bits per heavy atom. The molecule has 0 spiro atoms. The topological polar surface area (TPSA) is 36.4 Å². The molecule has 2 nitrogen and oxygen atoms in total. The summed E-state index contributed by atoms with van der Waals surface area (Å²) < 4.78 is 0. The van der Waals surface area contributed by atoms with E-state index in [9.17, 15) is 0 Å². The Kier molecular flexibility index (Phi) is 13.7. The second-order valence-electron chi connectivity index (χ2n) is 6.43. The van der Waals surface area contributed by atoms with Gasteiger partial charge in [0.15, 0.2) is 0 Å². The molecule has 0 saturated carbocycles. The van der Waals surface area contributed by atoms with E-state index < -0.39 is 0 Å². The molecule has 2 aromatic carbocycles. The van der Waals surface area contributed by atoms with E-state index in [2.05, 4.69) is 86.9 Å². The molecule has 0 aliphatic rings. The third-order valence-corrected chi connectivity index (χ3v) is 6.01. The number of aryl methyl sites for hydroxylation is 2. The summed E-state index contributed by atoms with van der Waals surface area (Å²) in [6.45, 7) is 8.83. The van der Waals surface area contributed by atoms with Crippen molar-refractivity contribution in [2.24, 2.45) is 0 Å². The van der Waals surface area contributed by atoms with Crippen molar-refractivity contribution >= 4 is 11.4 Å². The zero-order valence-corrected chi connectivity index (χ0v) is 19.8. The summed E-state index contributed by atoms with van der Waals surface area (Å²) in [6, 6.07) is 17.3. The fraction of sp³-hybridized carbons (Fsp3) is 0.385. The Labute approximate surface area is 185 Å². The second-order valence-corrected chi connectivity index (χ2v) is 9.41. The molecule has 2 aromatic rings. The first-order valence-electron chi connectivity index (χ1n) is 10.5. The van der Waals surface area contributed by atoms with Crippen molar-refractivity contribution in [1.29, 1.82) is 0 Å². The van der Waals surface area contributed by atoms with Gasteiger partial charge in [0.25, 0.3) is 5.87 Å². The molecule has 0 aromatic heterocycles. The van der Waals surface area contributed by atoms with Gasteiger partial charge < -0.3 is 5.53 Å². The Bertz CT molecular complexity index is 805. The minimum atomic E-state index is 1.03. The first-order chi connectivity index (χ1) is 14.2. The Balaban J connectivity index is 0.000000749. The fourth-order valence-corrected chi connectivity index (χ4v) is 3.60. The monoisotopic (exact) mass is 480 g/mol. The van der Waals surface area contributed by atoms with Crippen LogP contribution >= 0.6 is 0 Å². The average Bonchev–Trinajstić information content (AvgIpc) is 2.77. The number of unbranched alkanes of at least 4 members (excludes halogenated alkanes) is 1. The summed E-state index contributed by atoms with van der Waals surface area (Å²) >= 11 is 1.04. The summed E-state index contributed by atoms with van der Waals surface area (Å²) in [6.07, 6.45) is 8.15. The van der Waals surface area contributed by atoms with Crippen molar-refractivity contribution in [3.05, 3.63) is 88.5 Å². The van der Waals surface area contributed by atoms with E-state index >= 15 is 0 Å². The van der Waals surface area contributed by atoms with Crippen molar-refractivity contribution in [2.75, 3.05) is 0 Å². The van der Waals surface area contributed by atoms with Crippen LogP contribution < -0.4 is 0 Å². The molecule has 0 saturated heterocycles. The molecule has 3 heteroatoms. The molecule has 0 unspecified atom stereocenters. The van der Waals surface area contributed by atoms with Crippen molar-refractivity contribution in [3.8, 4) is 0 Å². The Morgan fingerprint density at radius 1 is 0.897 bits per heavy atom. The molecule has 29 heavy (non-hydrogen) atoms. The van der Waals surface area contributed by atoms with Crippen LogP contribution in [0.5, 0.6) is 0 Å². The molecule has 0 fully saturated rings. The van der Waals surface area contributed by atoms with Crippen LogP contribution in [0.25, 0.3) is 11.1 Å². The maximum atomic E-state index is 8.56. The normalized spacial score (nSPS) is 10.6. The van der Waals surface area contributed by atoms with Gasteiger partial charge in [0.2, 0.25) is 0 Å². The summed E-state index contributed by atoms with van der Waals surface area (Å²) in [4.78, 5) is 5.71. The first kappa shape index (κ1) is 25.0. The van der Waals surface area contributed by atoms with Crippen molar-refractivity contribution in [1.82, 2.24) is 0 Å². The van der Waals surface area contributed by atoms with Crippen molar-refractivity contribution in [2.45, 2.75) is 63.2 Å². The molecule has 158 valence electrons. The molecule has 0 aliphatic carbocycles. The van der Waals surface area contributed by atoms with Crippen LogP contribution in [0.2, 0.25) is 9.79 Å². The predicted molar refractivity (Wildman–Crippen MR) is 122 cm³/mol. The van der Waals surface area contributed by atoms with E-state index in [4.69, 9.17) is 5.53 Å². The summed E-state index contributed by atoms with van der Waals surface area (Å²) in [5.41, 5.74) is 14.6. The third-order valence-electron chi connectivity index (χ3n) is 4.46. The summed E-state index contributed by atoms with van der Waals surface area (Å²) in [7, 11) is 0. The van der Waals surface area contributed by atoms with Crippen LogP contribution in [0.4, 0.5) is 0 Å². The zero-order chi connectivity index (χ0) is 21.3. The van der Waals surface area contributed by atoms with Crippen LogP contribution in [0.3, 0.4) is 0 Å². The number of rotatable bonds is 9. The number of allylic oxidation sites excluding steroid dienone is 2. The Morgan fingerprint density at radius 2 is 1.45 bits per heavy atom. The second kappa shape index (κ2) is 15.9. The Hall–Kier alpha value is -2.00. The van der Waals surface area contributed by atoms with Crippen LogP contribution in [0, 0.1) is 0 Å². The molecule has 0 atom stereocenters. The van der Waals surface area contributed by atoms with E-state index in [1.54, 1.807) is 6.08 Å². The molecule has 0 heterocycles. The van der Waals surface area contributed by atoms with Crippen LogP contribution in [0.15, 0.2) is 60.7 Å². The molecule has 0 amide bonds. The molecule has 0 radical (unpaired) electrons. The standard InChI is InChI=1S/C22H24N2.2C2H5.Pd/c1-3-5-7-19-11-15-21(16-12-19)22(8-6-17-24-23)20-13-9-18(4-2)10-14-20;2*1-2;/h6,8-16H,3-5,7H2,1-2H3;2*1H2,2H3;. The minimum absolute atomic E-state index is 1.03. The van der Waals surface area contributed by atoms with Gasteiger partial charge in [-0.1, -0.05) is 68.8 Å². The van der Waals surface area contributed by atoms with E-state index in [1.807, 2.05) is 6.08 Å². The summed E-state index contributed by atoms with van der Waals surface area (Å²) in [5.74, 6) is 2.46. The van der Waals surface area contributed by atoms with Gasteiger partial charge in [0.05, 0.1) is 6.08 Å². The average molecular weight is 481 g/mol. The number of hydrogen-bond acceptors (Lipinski definition) is 0. The van der Waals surface area contributed by atoms with E-state index in [1.165, 1.54) is 33.8 Å². The predicted octanol–water partition coefficient (Wildman–Crippen LogP) is 7.42. The van der Waals surface area contributed by atoms with E-state index in [-0.39, 0.29) is 0 Å². The van der Waals surface area contributed by atoms with Gasteiger partial charge in [0, 0.05) is 0 Å². The molecular weight excluding hydrogens is 447 g/mol. The van der Waals surface area contributed by atoms with Crippen LogP contribution in [-0.4, -0.2) is 10.7 Å². The SMILES string of the molecule is CCCCc1ccc(C(=CC=C=[N+]=[N-])c2ccc(CC)cc2)cc1.C[CH2][Pd][CH2]C. The van der Waals surface area contributed by atoms with Crippen molar-refractivity contribution in [3.63, 3.8) is 0 Å². The molecule has 0 N–H and O–H groups in total. The van der Waals surface area contributed by atoms with Gasteiger partial charge in [-0.2, -0.15) is 0 Å². The number of nitrogens with zero attached hydrogens (tertiary/aromatic N) is 2. The van der Waals surface area contributed by atoms with Crippen LogP contribution in [-0.2, 0) is 30.8 Å². The summed E-state index contributed by atoms with van der Waals surface area (Å²) in [5, 5.41) is 0. The van der Waals surface area contributed by atoms with Gasteiger partial charge in [-0.25, -0.2) is 0 Å². The zero-order valence-electron chi connectivity index (χ0n) is 18.2. The van der Waals surface area contributed by atoms with E-state index in [0.717, 1.165) is 47.5 Å². The maximum absolute atomic E-state index is 8.56. The van der Waals surface area contributed by atoms with Gasteiger partial charge in [0.1, 0.15) is 0 Å². The molecule has 2 rings (SSSR count). The van der Waals surface area contributed by atoms with Gasteiger partial charge in [-0.15, -0.1) is 4.79 Å². The number of hydrogen-bond donors (Lipinski definition) is 0.